The minimum atomic E-state index is -0.250. The van der Waals surface area contributed by atoms with E-state index in [1.165, 1.54) is 13.3 Å². The average Bonchev–Trinajstić information content (AvgIpc) is 2.18. The van der Waals surface area contributed by atoms with Crippen LogP contribution in [0.3, 0.4) is 0 Å². The summed E-state index contributed by atoms with van der Waals surface area (Å²) < 4.78 is 4.79. The first-order valence-electron chi connectivity index (χ1n) is 3.62. The zero-order chi connectivity index (χ0) is 9.26. The van der Waals surface area contributed by atoms with Gasteiger partial charge in [0.1, 0.15) is 0 Å². The molecule has 0 saturated heterocycles. The Hall–Kier alpha value is -0.806. The van der Waals surface area contributed by atoms with Gasteiger partial charge in [0.2, 0.25) is 5.56 Å². The van der Waals surface area contributed by atoms with Gasteiger partial charge in [-0.1, -0.05) is 12.4 Å². The SMILES string of the molecule is COc1nc2[c-]nccc2c(=O)[nH]1.[Y]. The summed E-state index contributed by atoms with van der Waals surface area (Å²) in [5.74, 6) is 0. The monoisotopic (exact) mass is 265 g/mol. The van der Waals surface area contributed by atoms with Gasteiger partial charge in [-0.05, 0) is 10.9 Å². The molecule has 0 aromatic carbocycles. The summed E-state index contributed by atoms with van der Waals surface area (Å²) >= 11 is 0. The number of fused-ring (bicyclic) bond motifs is 1. The van der Waals surface area contributed by atoms with Crippen LogP contribution in [0.5, 0.6) is 6.01 Å². The molecule has 2 aromatic rings. The van der Waals surface area contributed by atoms with Crippen LogP contribution in [0.4, 0.5) is 0 Å². The molecule has 0 amide bonds. The van der Waals surface area contributed by atoms with Gasteiger partial charge in [-0.3, -0.25) is 9.78 Å². The average molecular weight is 265 g/mol. The molecule has 0 unspecified atom stereocenters. The Kier molecular flexibility index (Phi) is 3.72. The number of hydrogen-bond donors (Lipinski definition) is 1. The fraction of sp³-hybridized carbons (Fsp3) is 0.125. The van der Waals surface area contributed by atoms with E-state index in [2.05, 4.69) is 21.1 Å². The van der Waals surface area contributed by atoms with Crippen LogP contribution in [0.1, 0.15) is 0 Å². The molecule has 0 aliphatic heterocycles. The van der Waals surface area contributed by atoms with Crippen molar-refractivity contribution in [1.82, 2.24) is 15.0 Å². The second-order valence-corrected chi connectivity index (χ2v) is 2.39. The summed E-state index contributed by atoms with van der Waals surface area (Å²) in [6.45, 7) is 0. The normalized spacial score (nSPS) is 9.50. The van der Waals surface area contributed by atoms with Crippen molar-refractivity contribution in [3.8, 4) is 6.01 Å². The van der Waals surface area contributed by atoms with Crippen LogP contribution in [-0.4, -0.2) is 22.1 Å². The van der Waals surface area contributed by atoms with Crippen LogP contribution in [0.15, 0.2) is 17.1 Å². The summed E-state index contributed by atoms with van der Waals surface area (Å²) in [6.07, 6.45) is 4.10. The summed E-state index contributed by atoms with van der Waals surface area (Å²) in [7, 11) is 1.43. The zero-order valence-electron chi connectivity index (χ0n) is 7.44. The number of aromatic nitrogens is 3. The summed E-state index contributed by atoms with van der Waals surface area (Å²) in [5, 5.41) is 0.454. The van der Waals surface area contributed by atoms with E-state index in [9.17, 15) is 4.79 Å². The van der Waals surface area contributed by atoms with Gasteiger partial charge in [-0.15, -0.1) is 6.07 Å². The second kappa shape index (κ2) is 4.62. The van der Waals surface area contributed by atoms with E-state index in [4.69, 9.17) is 4.74 Å². The number of aromatic amines is 1. The number of nitrogens with one attached hydrogen (secondary N) is 1. The first-order chi connectivity index (χ1) is 6.31. The molecule has 0 bridgehead atoms. The van der Waals surface area contributed by atoms with Crippen molar-refractivity contribution in [2.75, 3.05) is 7.11 Å². The van der Waals surface area contributed by atoms with Crippen LogP contribution < -0.4 is 10.3 Å². The number of nitrogens with zero attached hydrogens (tertiary/aromatic N) is 2. The standard InChI is InChI=1S/C8H6N3O2.Y/c1-13-8-10-6-4-9-3-2-5(6)7(12)11-8;/h2-3H,1H3,(H,10,11,12);/q-1;. The van der Waals surface area contributed by atoms with Gasteiger partial charge in [-0.2, -0.15) is 0 Å². The molecule has 0 spiro atoms. The van der Waals surface area contributed by atoms with Crippen LogP contribution in [-0.2, 0) is 32.7 Å². The Bertz CT molecular complexity index is 497. The van der Waals surface area contributed by atoms with Crippen molar-refractivity contribution < 1.29 is 37.4 Å². The fourth-order valence-corrected chi connectivity index (χ4v) is 1.01. The van der Waals surface area contributed by atoms with Gasteiger partial charge >= 0.3 is 0 Å². The number of ether oxygens (including phenoxy) is 1. The van der Waals surface area contributed by atoms with E-state index in [1.54, 1.807) is 6.07 Å². The van der Waals surface area contributed by atoms with Crippen molar-refractivity contribution in [2.24, 2.45) is 0 Å². The molecule has 2 aromatic heterocycles. The van der Waals surface area contributed by atoms with Gasteiger partial charge in [0, 0.05) is 32.7 Å². The van der Waals surface area contributed by atoms with Crippen LogP contribution in [0, 0.1) is 6.20 Å². The summed E-state index contributed by atoms with van der Waals surface area (Å²) in [4.78, 5) is 21.5. The molecule has 0 saturated carbocycles. The molecule has 6 heteroatoms. The maximum absolute atomic E-state index is 11.3. The molecular formula is C8H6N3O2Y-. The van der Waals surface area contributed by atoms with Crippen molar-refractivity contribution in [2.45, 2.75) is 0 Å². The third kappa shape index (κ3) is 1.99. The Balaban J connectivity index is 0.000000980. The van der Waals surface area contributed by atoms with E-state index < -0.39 is 0 Å². The first kappa shape index (κ1) is 11.3. The van der Waals surface area contributed by atoms with Gasteiger partial charge in [0.15, 0.2) is 0 Å². The third-order valence-corrected chi connectivity index (χ3v) is 1.61. The Morgan fingerprint density at radius 1 is 1.57 bits per heavy atom. The molecule has 0 aliphatic carbocycles. The quantitative estimate of drug-likeness (QED) is 0.744. The Morgan fingerprint density at radius 3 is 3.07 bits per heavy atom. The predicted octanol–water partition coefficient (Wildman–Crippen LogP) is 0.124. The molecular weight excluding hydrogens is 259 g/mol. The van der Waals surface area contributed by atoms with E-state index in [0.29, 0.717) is 10.9 Å². The van der Waals surface area contributed by atoms with Crippen LogP contribution >= 0.6 is 0 Å². The molecule has 14 heavy (non-hydrogen) atoms. The van der Waals surface area contributed by atoms with E-state index >= 15 is 0 Å². The van der Waals surface area contributed by atoms with Gasteiger partial charge < -0.3 is 9.72 Å². The number of methoxy groups -OCH3 is 1. The molecule has 0 atom stereocenters. The largest absolute Gasteiger partial charge is 0.468 e. The number of pyridine rings is 1. The topological polar surface area (TPSA) is 67.9 Å². The molecule has 5 nitrogen and oxygen atoms in total. The maximum Gasteiger partial charge on any atom is 0.293 e. The number of H-pyrrole nitrogens is 1. The van der Waals surface area contributed by atoms with Gasteiger partial charge in [0.25, 0.3) is 6.01 Å². The smallest absolute Gasteiger partial charge is 0.293 e. The third-order valence-electron chi connectivity index (χ3n) is 1.61. The zero-order valence-corrected chi connectivity index (χ0v) is 10.3. The fourth-order valence-electron chi connectivity index (χ4n) is 1.01. The van der Waals surface area contributed by atoms with Crippen molar-refractivity contribution in [3.05, 3.63) is 28.8 Å². The Morgan fingerprint density at radius 2 is 2.36 bits per heavy atom. The molecule has 2 rings (SSSR count). The van der Waals surface area contributed by atoms with E-state index in [-0.39, 0.29) is 44.3 Å². The summed E-state index contributed by atoms with van der Waals surface area (Å²) in [5.41, 5.74) is 0.156. The van der Waals surface area contributed by atoms with E-state index in [0.717, 1.165) is 0 Å². The number of rotatable bonds is 1. The van der Waals surface area contributed by atoms with Crippen molar-refractivity contribution >= 4 is 10.9 Å². The van der Waals surface area contributed by atoms with Crippen LogP contribution in [0.2, 0.25) is 0 Å². The predicted molar refractivity (Wildman–Crippen MR) is 45.5 cm³/mol. The molecule has 0 fully saturated rings. The first-order valence-corrected chi connectivity index (χ1v) is 3.62. The Labute approximate surface area is 105 Å². The summed E-state index contributed by atoms with van der Waals surface area (Å²) in [6, 6.07) is 1.75. The molecule has 1 N–H and O–H groups in total. The molecule has 2 heterocycles. The van der Waals surface area contributed by atoms with Gasteiger partial charge in [0.05, 0.1) is 7.11 Å². The molecule has 1 radical (unpaired) electrons. The molecule has 69 valence electrons. The van der Waals surface area contributed by atoms with Gasteiger partial charge in [-0.25, -0.2) is 4.98 Å². The van der Waals surface area contributed by atoms with Crippen LogP contribution in [0.25, 0.3) is 10.9 Å². The minimum Gasteiger partial charge on any atom is -0.468 e. The van der Waals surface area contributed by atoms with Crippen molar-refractivity contribution in [3.63, 3.8) is 0 Å². The van der Waals surface area contributed by atoms with Crippen molar-refractivity contribution in [1.29, 1.82) is 0 Å². The second-order valence-electron chi connectivity index (χ2n) is 2.39. The van der Waals surface area contributed by atoms with E-state index in [1.807, 2.05) is 0 Å². The minimum absolute atomic E-state index is 0. The number of hydrogen-bond acceptors (Lipinski definition) is 4. The molecule has 0 aliphatic rings. The maximum atomic E-state index is 11.3.